The van der Waals surface area contributed by atoms with Crippen LogP contribution in [-0.2, 0) is 11.3 Å². The van der Waals surface area contributed by atoms with Crippen molar-refractivity contribution in [2.45, 2.75) is 35.7 Å². The molecule has 6 nitrogen and oxygen atoms in total. The molecule has 0 aliphatic heterocycles. The minimum atomic E-state index is -4.70. The van der Waals surface area contributed by atoms with Gasteiger partial charge in [-0.3, -0.25) is 4.98 Å². The van der Waals surface area contributed by atoms with Crippen molar-refractivity contribution in [2.75, 3.05) is 25.3 Å². The SMILES string of the molecule is Cc1ccc(Sc2nc(=O)[nH]c3c2ncn3CCOCP(CC(F)(F)F)CC(F)(F)F)cc1. The van der Waals surface area contributed by atoms with E-state index in [1.54, 1.807) is 0 Å². The van der Waals surface area contributed by atoms with Gasteiger partial charge in [0.05, 0.1) is 31.6 Å². The Kier molecular flexibility index (Phi) is 8.07. The van der Waals surface area contributed by atoms with Crippen LogP contribution >= 0.6 is 19.7 Å². The molecule has 0 bridgehead atoms. The number of H-pyrrole nitrogens is 1. The van der Waals surface area contributed by atoms with Crippen molar-refractivity contribution in [1.82, 2.24) is 19.5 Å². The molecular weight excluding hydrogens is 493 g/mol. The van der Waals surface area contributed by atoms with Crippen molar-refractivity contribution in [1.29, 1.82) is 0 Å². The van der Waals surface area contributed by atoms with Crippen LogP contribution in [0, 0.1) is 6.92 Å². The summed E-state index contributed by atoms with van der Waals surface area (Å²) < 4.78 is 82.1. The second kappa shape index (κ2) is 10.4. The number of nitrogens with zero attached hydrogens (tertiary/aromatic N) is 3. The highest BCUT2D eigenvalue weighted by Gasteiger charge is 2.38. The number of alkyl halides is 6. The molecule has 0 saturated carbocycles. The van der Waals surface area contributed by atoms with E-state index in [1.807, 2.05) is 31.2 Å². The van der Waals surface area contributed by atoms with Crippen LogP contribution in [0.3, 0.4) is 0 Å². The van der Waals surface area contributed by atoms with Crippen LogP contribution in [0.1, 0.15) is 5.56 Å². The van der Waals surface area contributed by atoms with Gasteiger partial charge in [0.2, 0.25) is 0 Å². The van der Waals surface area contributed by atoms with Crippen LogP contribution in [0.5, 0.6) is 0 Å². The monoisotopic (exact) mass is 512 g/mol. The van der Waals surface area contributed by atoms with Gasteiger partial charge < -0.3 is 9.30 Å². The first-order chi connectivity index (χ1) is 15.4. The Morgan fingerprint density at radius 2 is 1.73 bits per heavy atom. The van der Waals surface area contributed by atoms with Gasteiger partial charge in [-0.15, -0.1) is 0 Å². The van der Waals surface area contributed by atoms with E-state index in [0.29, 0.717) is 16.2 Å². The smallest absolute Gasteiger partial charge is 0.375 e. The van der Waals surface area contributed by atoms with E-state index < -0.39 is 44.6 Å². The van der Waals surface area contributed by atoms with E-state index in [1.165, 1.54) is 22.7 Å². The van der Waals surface area contributed by atoms with Crippen LogP contribution in [0.25, 0.3) is 11.2 Å². The molecule has 3 rings (SSSR count). The third-order valence-corrected chi connectivity index (χ3v) is 7.41. The maximum Gasteiger partial charge on any atom is 0.392 e. The van der Waals surface area contributed by atoms with Gasteiger partial charge in [-0.25, -0.2) is 9.78 Å². The summed E-state index contributed by atoms with van der Waals surface area (Å²) >= 11 is 1.25. The quantitative estimate of drug-likeness (QED) is 0.186. The van der Waals surface area contributed by atoms with E-state index in [2.05, 4.69) is 15.0 Å². The van der Waals surface area contributed by atoms with E-state index >= 15 is 0 Å². The first-order valence-corrected chi connectivity index (χ1v) is 12.2. The van der Waals surface area contributed by atoms with Gasteiger partial charge in [0.25, 0.3) is 0 Å². The lowest BCUT2D eigenvalue weighted by Gasteiger charge is -2.20. The number of aromatic amines is 1. The van der Waals surface area contributed by atoms with Gasteiger partial charge in [0, 0.05) is 11.4 Å². The number of aryl methyl sites for hydroxylation is 1. The van der Waals surface area contributed by atoms with Crippen LogP contribution in [0.2, 0.25) is 0 Å². The van der Waals surface area contributed by atoms with Crippen molar-refractivity contribution in [3.8, 4) is 0 Å². The molecule has 1 aromatic carbocycles. The second-order valence-electron chi connectivity index (χ2n) is 7.15. The summed E-state index contributed by atoms with van der Waals surface area (Å²) in [5.74, 6) is 0. The molecule has 2 heterocycles. The third-order valence-electron chi connectivity index (χ3n) is 4.26. The zero-order chi connectivity index (χ0) is 24.2. The molecule has 2 aromatic heterocycles. The summed E-state index contributed by atoms with van der Waals surface area (Å²) in [6, 6.07) is 7.57. The minimum absolute atomic E-state index is 0.0757. The molecule has 0 amide bonds. The average molecular weight is 512 g/mol. The molecule has 0 fully saturated rings. The highest BCUT2D eigenvalue weighted by molar-refractivity contribution is 7.99. The summed E-state index contributed by atoms with van der Waals surface area (Å²) in [5, 5.41) is 0.371. The predicted molar refractivity (Wildman–Crippen MR) is 113 cm³/mol. The first-order valence-electron chi connectivity index (χ1n) is 9.53. The van der Waals surface area contributed by atoms with Gasteiger partial charge in [0.1, 0.15) is 16.2 Å². The van der Waals surface area contributed by atoms with Crippen molar-refractivity contribution in [3.63, 3.8) is 0 Å². The van der Waals surface area contributed by atoms with Crippen molar-refractivity contribution >= 4 is 30.8 Å². The van der Waals surface area contributed by atoms with E-state index in [0.717, 1.165) is 10.5 Å². The Morgan fingerprint density at radius 1 is 1.09 bits per heavy atom. The molecule has 0 spiro atoms. The number of imidazole rings is 1. The number of aromatic nitrogens is 4. The maximum absolute atomic E-state index is 12.6. The van der Waals surface area contributed by atoms with Crippen molar-refractivity contribution < 1.29 is 31.1 Å². The van der Waals surface area contributed by atoms with Crippen LogP contribution < -0.4 is 5.69 Å². The number of hydrogen-bond donors (Lipinski definition) is 1. The number of halogens is 6. The number of nitrogens with one attached hydrogen (secondary N) is 1. The van der Waals surface area contributed by atoms with Crippen LogP contribution in [0.15, 0.2) is 45.3 Å². The molecular formula is C19H19F6N4O2PS. The molecule has 14 heteroatoms. The zero-order valence-corrected chi connectivity index (χ0v) is 18.9. The number of ether oxygens (including phenoxy) is 1. The molecule has 0 saturated heterocycles. The number of benzene rings is 1. The molecule has 0 unspecified atom stereocenters. The normalized spacial score (nSPS) is 12.7. The molecule has 3 aromatic rings. The number of hydrogen-bond acceptors (Lipinski definition) is 5. The highest BCUT2D eigenvalue weighted by Crippen LogP contribution is 2.45. The van der Waals surface area contributed by atoms with Crippen LogP contribution in [-0.4, -0.2) is 57.2 Å². The maximum atomic E-state index is 12.6. The summed E-state index contributed by atoms with van der Waals surface area (Å²) in [6.45, 7) is 1.87. The lowest BCUT2D eigenvalue weighted by Crippen LogP contribution is -2.22. The lowest BCUT2D eigenvalue weighted by atomic mass is 10.2. The molecule has 180 valence electrons. The fourth-order valence-corrected chi connectivity index (χ4v) is 5.48. The summed E-state index contributed by atoms with van der Waals surface area (Å²) in [5.41, 5.74) is 1.21. The predicted octanol–water partition coefficient (Wildman–Crippen LogP) is 5.16. The minimum Gasteiger partial charge on any atom is -0.375 e. The van der Waals surface area contributed by atoms with Gasteiger partial charge in [0.15, 0.2) is 0 Å². The number of fused-ring (bicyclic) bond motifs is 1. The second-order valence-corrected chi connectivity index (χ2v) is 10.4. The van der Waals surface area contributed by atoms with Gasteiger partial charge in [-0.05, 0) is 19.1 Å². The van der Waals surface area contributed by atoms with Gasteiger partial charge in [-0.1, -0.05) is 37.4 Å². The van der Waals surface area contributed by atoms with Gasteiger partial charge >= 0.3 is 18.0 Å². The van der Waals surface area contributed by atoms with Gasteiger partial charge in [-0.2, -0.15) is 31.3 Å². The fraction of sp³-hybridized carbons (Fsp3) is 0.421. The Hall–Kier alpha value is -2.11. The van der Waals surface area contributed by atoms with Crippen molar-refractivity contribution in [3.05, 3.63) is 46.6 Å². The summed E-state index contributed by atoms with van der Waals surface area (Å²) in [6.07, 6.45) is -11.7. The molecule has 0 radical (unpaired) electrons. The standard InChI is InChI=1S/C19H19F6N4O2PS/c1-12-2-4-13(5-3-12)33-16-14-15(27-17(30)28-16)29(10-26-14)6-7-31-11-32(8-18(20,21)22)9-19(23,24)25/h2-5,10H,6-9,11H2,1H3,(H,27,28,30). The van der Waals surface area contributed by atoms with E-state index in [9.17, 15) is 31.1 Å². The fourth-order valence-electron chi connectivity index (χ4n) is 2.91. The molecule has 0 aliphatic rings. The Morgan fingerprint density at radius 3 is 2.33 bits per heavy atom. The Labute approximate surface area is 189 Å². The molecule has 0 aliphatic carbocycles. The van der Waals surface area contributed by atoms with Crippen molar-refractivity contribution in [2.24, 2.45) is 0 Å². The van der Waals surface area contributed by atoms with Crippen LogP contribution in [0.4, 0.5) is 26.3 Å². The first kappa shape index (κ1) is 25.5. The lowest BCUT2D eigenvalue weighted by molar-refractivity contribution is -0.112. The van der Waals surface area contributed by atoms with E-state index in [4.69, 9.17) is 4.74 Å². The molecule has 1 N–H and O–H groups in total. The molecule has 33 heavy (non-hydrogen) atoms. The Bertz CT molecular complexity index is 1110. The topological polar surface area (TPSA) is 72.8 Å². The highest BCUT2D eigenvalue weighted by atomic mass is 32.2. The van der Waals surface area contributed by atoms with E-state index in [-0.39, 0.29) is 13.2 Å². The zero-order valence-electron chi connectivity index (χ0n) is 17.2. The third kappa shape index (κ3) is 8.01. The summed E-state index contributed by atoms with van der Waals surface area (Å²) in [7, 11) is -2.45. The average Bonchev–Trinajstić information content (AvgIpc) is 3.07. The molecule has 0 atom stereocenters. The Balaban J connectivity index is 1.66. The summed E-state index contributed by atoms with van der Waals surface area (Å²) in [4.78, 5) is 23.6. The number of rotatable bonds is 9. The largest absolute Gasteiger partial charge is 0.392 e.